The summed E-state index contributed by atoms with van der Waals surface area (Å²) in [4.78, 5) is 73.6. The van der Waals surface area contributed by atoms with E-state index in [1.165, 1.54) is 11.8 Å². The van der Waals surface area contributed by atoms with Crippen LogP contribution < -0.4 is 38.1 Å². The molecule has 63 heavy (non-hydrogen) atoms. The van der Waals surface area contributed by atoms with Crippen molar-refractivity contribution in [2.75, 3.05) is 18.6 Å². The van der Waals surface area contributed by atoms with Crippen LogP contribution in [0.5, 0.6) is 0 Å². The summed E-state index contributed by atoms with van der Waals surface area (Å²) >= 11 is 1.37. The van der Waals surface area contributed by atoms with Crippen molar-refractivity contribution in [3.05, 3.63) is 168 Å². The molecule has 5 aromatic rings. The lowest BCUT2D eigenvalue weighted by Crippen LogP contribution is -2.59. The van der Waals surface area contributed by atoms with Gasteiger partial charge in [0.2, 0.25) is 29.5 Å². The molecule has 0 unspecified atom stereocenters. The summed E-state index contributed by atoms with van der Waals surface area (Å²) in [7, 11) is 0. The Morgan fingerprint density at radius 2 is 0.984 bits per heavy atom. The third-order valence-electron chi connectivity index (χ3n) is 10.1. The first-order valence-corrected chi connectivity index (χ1v) is 22.3. The molecule has 4 atom stereocenters. The van der Waals surface area contributed by atoms with Crippen LogP contribution in [0.25, 0.3) is 11.1 Å². The van der Waals surface area contributed by atoms with E-state index in [9.17, 15) is 24.0 Å². The van der Waals surface area contributed by atoms with Gasteiger partial charge in [0.1, 0.15) is 24.2 Å². The summed E-state index contributed by atoms with van der Waals surface area (Å²) in [5, 5.41) is 14.4. The maximum absolute atomic E-state index is 14.3. The van der Waals surface area contributed by atoms with Crippen molar-refractivity contribution in [1.29, 1.82) is 0 Å². The van der Waals surface area contributed by atoms with E-state index >= 15 is 0 Å². The molecule has 0 heterocycles. The van der Waals surface area contributed by atoms with Crippen LogP contribution in [0.15, 0.2) is 151 Å². The normalized spacial score (nSPS) is 12.7. The number of guanidine groups is 1. The molecule has 5 amide bonds. The third kappa shape index (κ3) is 16.1. The van der Waals surface area contributed by atoms with Crippen molar-refractivity contribution in [1.82, 2.24) is 26.6 Å². The second kappa shape index (κ2) is 25.1. The minimum absolute atomic E-state index is 0.0431. The Bertz CT molecular complexity index is 2240. The van der Waals surface area contributed by atoms with Crippen molar-refractivity contribution in [3.63, 3.8) is 0 Å². The molecule has 0 aliphatic carbocycles. The number of rotatable bonds is 23. The SMILES string of the molecule is CSC[C@@H](NC(=O)Cc1ccc(-c2ccccc2)cc1)C(=O)N[C@H](CCCN=C(N)N)C(=O)N[C@@H](Cc1ccccc1)C(=O)N[C@@H](Cc1ccccc1)C(=O)NCc1ccccc1. The average Bonchev–Trinajstić information content (AvgIpc) is 3.30. The molecule has 0 aliphatic heterocycles. The molecule has 0 aliphatic rings. The lowest BCUT2D eigenvalue weighted by molar-refractivity contribution is -0.134. The molecule has 14 heteroatoms. The van der Waals surface area contributed by atoms with Gasteiger partial charge in [0.25, 0.3) is 0 Å². The van der Waals surface area contributed by atoms with Crippen LogP contribution >= 0.6 is 11.8 Å². The van der Waals surface area contributed by atoms with Crippen molar-refractivity contribution < 1.29 is 24.0 Å². The van der Waals surface area contributed by atoms with Crippen molar-refractivity contribution in [3.8, 4) is 11.1 Å². The molecular formula is C49H56N8O5S. The molecule has 0 bridgehead atoms. The number of aliphatic imine (C=N–C) groups is 1. The van der Waals surface area contributed by atoms with E-state index in [4.69, 9.17) is 11.5 Å². The number of hydrogen-bond donors (Lipinski definition) is 7. The van der Waals surface area contributed by atoms with E-state index in [0.717, 1.165) is 33.4 Å². The molecule has 0 spiro atoms. The summed E-state index contributed by atoms with van der Waals surface area (Å²) in [5.41, 5.74) is 16.4. The van der Waals surface area contributed by atoms with Gasteiger partial charge in [-0.15, -0.1) is 0 Å². The molecule has 0 radical (unpaired) electrons. The molecule has 0 saturated heterocycles. The number of amides is 5. The predicted octanol–water partition coefficient (Wildman–Crippen LogP) is 4.05. The molecule has 5 aromatic carbocycles. The van der Waals surface area contributed by atoms with Crippen LogP contribution in [0, 0.1) is 0 Å². The van der Waals surface area contributed by atoms with E-state index in [1.54, 1.807) is 0 Å². The first-order valence-electron chi connectivity index (χ1n) is 20.9. The van der Waals surface area contributed by atoms with Crippen LogP contribution in [0.4, 0.5) is 0 Å². The fraction of sp³-hybridized carbons (Fsp3) is 0.265. The number of hydrogen-bond acceptors (Lipinski definition) is 7. The zero-order valence-electron chi connectivity index (χ0n) is 35.4. The fourth-order valence-corrected chi connectivity index (χ4v) is 7.41. The molecule has 0 saturated carbocycles. The second-order valence-electron chi connectivity index (χ2n) is 15.0. The number of benzene rings is 5. The van der Waals surface area contributed by atoms with Crippen LogP contribution in [-0.4, -0.2) is 78.2 Å². The highest BCUT2D eigenvalue weighted by Crippen LogP contribution is 2.19. The fourth-order valence-electron chi connectivity index (χ4n) is 6.84. The Balaban J connectivity index is 1.32. The maximum atomic E-state index is 14.3. The topological polar surface area (TPSA) is 210 Å². The molecule has 9 N–H and O–H groups in total. The van der Waals surface area contributed by atoms with Gasteiger partial charge >= 0.3 is 0 Å². The molecule has 0 aromatic heterocycles. The van der Waals surface area contributed by atoms with Gasteiger partial charge in [0.05, 0.1) is 6.42 Å². The van der Waals surface area contributed by atoms with Gasteiger partial charge in [-0.1, -0.05) is 146 Å². The summed E-state index contributed by atoms with van der Waals surface area (Å²) < 4.78 is 0. The van der Waals surface area contributed by atoms with Gasteiger partial charge in [-0.05, 0) is 52.5 Å². The molecule has 328 valence electrons. The lowest BCUT2D eigenvalue weighted by atomic mass is 10.0. The Morgan fingerprint density at radius 1 is 0.524 bits per heavy atom. The van der Waals surface area contributed by atoms with Gasteiger partial charge in [-0.2, -0.15) is 11.8 Å². The second-order valence-corrected chi connectivity index (χ2v) is 15.9. The number of nitrogens with one attached hydrogen (secondary N) is 5. The number of nitrogens with two attached hydrogens (primary N) is 2. The van der Waals surface area contributed by atoms with Crippen LogP contribution in [0.2, 0.25) is 0 Å². The van der Waals surface area contributed by atoms with Crippen molar-refractivity contribution >= 4 is 47.3 Å². The minimum Gasteiger partial charge on any atom is -0.370 e. The highest BCUT2D eigenvalue weighted by molar-refractivity contribution is 7.98. The smallest absolute Gasteiger partial charge is 0.244 e. The molecule has 0 fully saturated rings. The first kappa shape index (κ1) is 47.1. The van der Waals surface area contributed by atoms with Crippen LogP contribution in [-0.2, 0) is 49.8 Å². The van der Waals surface area contributed by atoms with Gasteiger partial charge in [0.15, 0.2) is 5.96 Å². The zero-order chi connectivity index (χ0) is 44.8. The highest BCUT2D eigenvalue weighted by atomic mass is 32.2. The zero-order valence-corrected chi connectivity index (χ0v) is 36.2. The predicted molar refractivity (Wildman–Crippen MR) is 250 cm³/mol. The van der Waals surface area contributed by atoms with Crippen molar-refractivity contribution in [2.24, 2.45) is 16.5 Å². The van der Waals surface area contributed by atoms with E-state index < -0.39 is 47.8 Å². The summed E-state index contributed by atoms with van der Waals surface area (Å²) in [6.45, 7) is 0.440. The first-order chi connectivity index (χ1) is 30.6. The number of thioether (sulfide) groups is 1. The quantitative estimate of drug-likeness (QED) is 0.0289. The third-order valence-corrected chi connectivity index (χ3v) is 10.8. The van der Waals surface area contributed by atoms with Gasteiger partial charge in [-0.25, -0.2) is 0 Å². The Kier molecular flexibility index (Phi) is 18.8. The van der Waals surface area contributed by atoms with Crippen LogP contribution in [0.1, 0.15) is 35.1 Å². The highest BCUT2D eigenvalue weighted by Gasteiger charge is 2.31. The van der Waals surface area contributed by atoms with E-state index in [0.29, 0.717) is 6.42 Å². The molecular weight excluding hydrogens is 813 g/mol. The van der Waals surface area contributed by atoms with Gasteiger partial charge in [0, 0.05) is 31.7 Å². The summed E-state index contributed by atoms with van der Waals surface area (Å²) in [6, 6.07) is 41.3. The monoisotopic (exact) mass is 868 g/mol. The average molecular weight is 869 g/mol. The Morgan fingerprint density at radius 3 is 1.52 bits per heavy atom. The molecule has 5 rings (SSSR count). The number of carbonyl (C=O) groups is 5. The number of nitrogens with zero attached hydrogens (tertiary/aromatic N) is 1. The molecule has 13 nitrogen and oxygen atoms in total. The lowest BCUT2D eigenvalue weighted by Gasteiger charge is -2.27. The van der Waals surface area contributed by atoms with Gasteiger partial charge < -0.3 is 38.1 Å². The Labute approximate surface area is 373 Å². The summed E-state index contributed by atoms with van der Waals surface area (Å²) in [6.07, 6.45) is 2.57. The summed E-state index contributed by atoms with van der Waals surface area (Å²) in [5.74, 6) is -2.42. The van der Waals surface area contributed by atoms with Crippen molar-refractivity contribution in [2.45, 2.75) is 62.8 Å². The van der Waals surface area contributed by atoms with E-state index in [2.05, 4.69) is 31.6 Å². The minimum atomic E-state index is -1.15. The number of carbonyl (C=O) groups excluding carboxylic acids is 5. The Hall–Kier alpha value is -6.93. The largest absolute Gasteiger partial charge is 0.370 e. The maximum Gasteiger partial charge on any atom is 0.244 e. The van der Waals surface area contributed by atoms with E-state index in [1.807, 2.05) is 152 Å². The van der Waals surface area contributed by atoms with Crippen LogP contribution in [0.3, 0.4) is 0 Å². The standard InChI is InChI=1S/C49H56N8O5S/c1-63-33-43(54-44(58)31-36-24-26-39(27-25-36)38-21-12-5-13-22-38)48(62)55-40(23-14-28-52-49(50)51)46(60)57-42(30-35-17-8-3-9-18-35)47(61)56-41(29-34-15-6-2-7-16-34)45(59)53-32-37-19-10-4-11-20-37/h2-13,15-22,24-27,40-43H,14,23,28-33H2,1H3,(H,53,59)(H,54,58)(H,55,62)(H,56,61)(H,57,60)(H4,50,51,52)/t40-,41+,42+,43-/m1/s1. The van der Waals surface area contributed by atoms with Gasteiger partial charge in [-0.3, -0.25) is 29.0 Å². The van der Waals surface area contributed by atoms with E-state index in [-0.39, 0.29) is 56.4 Å².